The predicted molar refractivity (Wildman–Crippen MR) is 111 cm³/mol. The van der Waals surface area contributed by atoms with Crippen LogP contribution in [0.5, 0.6) is 0 Å². The summed E-state index contributed by atoms with van der Waals surface area (Å²) in [7, 11) is -3.82. The normalized spacial score (nSPS) is 11.2. The number of nitrogens with one attached hydrogen (secondary N) is 1. The molecule has 0 aromatic heterocycles. The van der Waals surface area contributed by atoms with Gasteiger partial charge in [-0.2, -0.15) is 0 Å². The van der Waals surface area contributed by atoms with Crippen molar-refractivity contribution < 1.29 is 13.2 Å². The molecule has 9 heteroatoms. The van der Waals surface area contributed by atoms with E-state index in [4.69, 9.17) is 28.2 Å². The number of halogens is 1. The van der Waals surface area contributed by atoms with Gasteiger partial charge in [-0.05, 0) is 48.0 Å². The van der Waals surface area contributed by atoms with E-state index >= 15 is 0 Å². The van der Waals surface area contributed by atoms with Crippen LogP contribution in [0.4, 0.5) is 17.1 Å². The van der Waals surface area contributed by atoms with Crippen LogP contribution in [0.25, 0.3) is 11.1 Å². The number of hydrogen-bond donors (Lipinski definition) is 4. The molecular weight excluding hydrogens is 400 g/mol. The molecule has 0 aliphatic rings. The van der Waals surface area contributed by atoms with Gasteiger partial charge < -0.3 is 16.8 Å². The molecule has 7 N–H and O–H groups in total. The quantitative estimate of drug-likeness (QED) is 0.473. The lowest BCUT2D eigenvalue weighted by atomic mass is 9.98. The van der Waals surface area contributed by atoms with Crippen LogP contribution in [0.1, 0.15) is 10.4 Å². The molecule has 1 amide bonds. The number of nitrogen functional groups attached to an aromatic ring is 1. The first-order valence-corrected chi connectivity index (χ1v) is 9.97. The molecule has 0 unspecified atom stereocenters. The van der Waals surface area contributed by atoms with E-state index in [0.717, 1.165) is 0 Å². The second kappa shape index (κ2) is 7.51. The lowest BCUT2D eigenvalue weighted by Gasteiger charge is -2.15. The molecular formula is C19H17ClN4O3S. The standard InChI is InChI=1S/C19H17ClN4O3S/c20-12-2-1-3-13(8-12)24-14-9-16(18(21)17(10-14)19(22)25)11-4-6-15(7-5-11)28(23,26)27/h1-10,24H,21H2,(H2,22,25)(H2,23,26,27). The van der Waals surface area contributed by atoms with E-state index in [1.165, 1.54) is 12.1 Å². The van der Waals surface area contributed by atoms with Crippen molar-refractivity contribution in [1.82, 2.24) is 0 Å². The Balaban J connectivity index is 2.09. The monoisotopic (exact) mass is 416 g/mol. The van der Waals surface area contributed by atoms with Crippen molar-refractivity contribution in [2.24, 2.45) is 10.9 Å². The van der Waals surface area contributed by atoms with E-state index in [2.05, 4.69) is 5.32 Å². The van der Waals surface area contributed by atoms with Gasteiger partial charge in [0.1, 0.15) is 0 Å². The number of nitrogens with two attached hydrogens (primary N) is 3. The number of primary amides is 1. The number of anilines is 3. The number of hydrogen-bond acceptors (Lipinski definition) is 5. The highest BCUT2D eigenvalue weighted by atomic mass is 35.5. The van der Waals surface area contributed by atoms with Crippen LogP contribution >= 0.6 is 11.6 Å². The average Bonchev–Trinajstić information content (AvgIpc) is 2.62. The van der Waals surface area contributed by atoms with Crippen LogP contribution in [0.15, 0.2) is 65.6 Å². The summed E-state index contributed by atoms with van der Waals surface area (Å²) in [6.07, 6.45) is 0. The highest BCUT2D eigenvalue weighted by molar-refractivity contribution is 7.89. The predicted octanol–water partition coefficient (Wildman–Crippen LogP) is 3.08. The van der Waals surface area contributed by atoms with Gasteiger partial charge in [0, 0.05) is 22.0 Å². The molecule has 0 spiro atoms. The van der Waals surface area contributed by atoms with Crippen molar-refractivity contribution in [1.29, 1.82) is 0 Å². The zero-order chi connectivity index (χ0) is 20.5. The van der Waals surface area contributed by atoms with E-state index in [1.807, 2.05) is 6.07 Å². The highest BCUT2D eigenvalue weighted by Gasteiger charge is 2.15. The summed E-state index contributed by atoms with van der Waals surface area (Å²) in [4.78, 5) is 11.8. The zero-order valence-corrected chi connectivity index (χ0v) is 16.1. The fourth-order valence-electron chi connectivity index (χ4n) is 2.73. The Labute approximate surface area is 167 Å². The van der Waals surface area contributed by atoms with Gasteiger partial charge in [0.25, 0.3) is 5.91 Å². The molecule has 0 aliphatic carbocycles. The molecule has 144 valence electrons. The van der Waals surface area contributed by atoms with Crippen molar-refractivity contribution >= 4 is 44.6 Å². The maximum absolute atomic E-state index is 11.8. The number of rotatable bonds is 5. The first-order valence-electron chi connectivity index (χ1n) is 8.04. The van der Waals surface area contributed by atoms with Gasteiger partial charge in [-0.1, -0.05) is 29.8 Å². The maximum Gasteiger partial charge on any atom is 0.250 e. The summed E-state index contributed by atoms with van der Waals surface area (Å²) in [6, 6.07) is 16.2. The van der Waals surface area contributed by atoms with Gasteiger partial charge in [0.15, 0.2) is 0 Å². The number of benzene rings is 3. The van der Waals surface area contributed by atoms with Crippen molar-refractivity contribution in [3.05, 3.63) is 71.2 Å². The Hall–Kier alpha value is -3.07. The zero-order valence-electron chi connectivity index (χ0n) is 14.5. The summed E-state index contributed by atoms with van der Waals surface area (Å²) in [5.74, 6) is -0.686. The molecule has 0 aliphatic heterocycles. The molecule has 0 heterocycles. The fraction of sp³-hybridized carbons (Fsp3) is 0. The molecule has 28 heavy (non-hydrogen) atoms. The van der Waals surface area contributed by atoms with Crippen molar-refractivity contribution in [2.75, 3.05) is 11.1 Å². The fourth-order valence-corrected chi connectivity index (χ4v) is 3.43. The summed E-state index contributed by atoms with van der Waals surface area (Å²) in [6.45, 7) is 0. The molecule has 0 fully saturated rings. The molecule has 0 saturated heterocycles. The minimum Gasteiger partial charge on any atom is -0.398 e. The Morgan fingerprint density at radius 1 is 0.964 bits per heavy atom. The third-order valence-corrected chi connectivity index (χ3v) is 5.22. The molecule has 3 aromatic carbocycles. The van der Waals surface area contributed by atoms with Gasteiger partial charge in [-0.25, -0.2) is 13.6 Å². The first-order chi connectivity index (χ1) is 13.1. The van der Waals surface area contributed by atoms with E-state index in [9.17, 15) is 13.2 Å². The molecule has 3 aromatic rings. The smallest absolute Gasteiger partial charge is 0.250 e. The van der Waals surface area contributed by atoms with Crippen molar-refractivity contribution in [2.45, 2.75) is 4.90 Å². The van der Waals surface area contributed by atoms with Crippen LogP contribution in [0.3, 0.4) is 0 Å². The van der Waals surface area contributed by atoms with Gasteiger partial charge >= 0.3 is 0 Å². The molecule has 0 atom stereocenters. The second-order valence-electron chi connectivity index (χ2n) is 6.05. The topological polar surface area (TPSA) is 141 Å². The minimum absolute atomic E-state index is 0.0295. The third kappa shape index (κ3) is 4.25. The van der Waals surface area contributed by atoms with Gasteiger partial charge in [-0.3, -0.25) is 4.79 Å². The minimum atomic E-state index is -3.82. The molecule has 0 bridgehead atoms. The van der Waals surface area contributed by atoms with Gasteiger partial charge in [0.2, 0.25) is 10.0 Å². The van der Waals surface area contributed by atoms with Crippen LogP contribution in [0.2, 0.25) is 5.02 Å². The molecule has 0 radical (unpaired) electrons. The molecule has 7 nitrogen and oxygen atoms in total. The number of primary sulfonamides is 1. The van der Waals surface area contributed by atoms with Crippen LogP contribution in [-0.2, 0) is 10.0 Å². The Kier molecular flexibility index (Phi) is 5.28. The number of carbonyl (C=O) groups is 1. The van der Waals surface area contributed by atoms with Gasteiger partial charge in [-0.15, -0.1) is 0 Å². The van der Waals surface area contributed by atoms with Crippen molar-refractivity contribution in [3.63, 3.8) is 0 Å². The lowest BCUT2D eigenvalue weighted by Crippen LogP contribution is -2.14. The van der Waals surface area contributed by atoms with Crippen LogP contribution < -0.4 is 21.9 Å². The second-order valence-corrected chi connectivity index (χ2v) is 8.05. The number of amides is 1. The number of sulfonamides is 1. The summed E-state index contributed by atoms with van der Waals surface area (Å²) >= 11 is 6.00. The third-order valence-electron chi connectivity index (χ3n) is 4.05. The Morgan fingerprint density at radius 3 is 2.21 bits per heavy atom. The largest absolute Gasteiger partial charge is 0.398 e. The highest BCUT2D eigenvalue weighted by Crippen LogP contribution is 2.34. The summed E-state index contributed by atoms with van der Waals surface area (Å²) < 4.78 is 22.9. The number of carbonyl (C=O) groups excluding carboxylic acids is 1. The van der Waals surface area contributed by atoms with Gasteiger partial charge in [0.05, 0.1) is 16.1 Å². The maximum atomic E-state index is 11.8. The first kappa shape index (κ1) is 19.7. The molecule has 0 saturated carbocycles. The van der Waals surface area contributed by atoms with Crippen molar-refractivity contribution in [3.8, 4) is 11.1 Å². The van der Waals surface area contributed by atoms with Crippen LogP contribution in [0, 0.1) is 0 Å². The Bertz CT molecular complexity index is 1160. The molecule has 3 rings (SSSR count). The SMILES string of the molecule is NC(=O)c1cc(Nc2cccc(Cl)c2)cc(-c2ccc(S(N)(=O)=O)cc2)c1N. The summed E-state index contributed by atoms with van der Waals surface area (Å²) in [5.41, 5.74) is 14.3. The van der Waals surface area contributed by atoms with E-state index in [1.54, 1.807) is 42.5 Å². The van der Waals surface area contributed by atoms with E-state index < -0.39 is 15.9 Å². The average molecular weight is 417 g/mol. The van der Waals surface area contributed by atoms with Crippen LogP contribution in [-0.4, -0.2) is 14.3 Å². The Morgan fingerprint density at radius 2 is 1.64 bits per heavy atom. The lowest BCUT2D eigenvalue weighted by molar-refractivity contribution is 0.100. The van der Waals surface area contributed by atoms with E-state index in [-0.39, 0.29) is 16.1 Å². The van der Waals surface area contributed by atoms with E-state index in [0.29, 0.717) is 27.5 Å². The summed E-state index contributed by atoms with van der Waals surface area (Å²) in [5, 5.41) is 8.83.